The van der Waals surface area contributed by atoms with Gasteiger partial charge in [0.05, 0.1) is 6.42 Å². The zero-order valence-electron chi connectivity index (χ0n) is 15.1. The summed E-state index contributed by atoms with van der Waals surface area (Å²) in [6.45, 7) is 0.0871. The molecule has 28 heavy (non-hydrogen) atoms. The van der Waals surface area contributed by atoms with Gasteiger partial charge in [0.1, 0.15) is 12.6 Å². The predicted molar refractivity (Wildman–Crippen MR) is 105 cm³/mol. The van der Waals surface area contributed by atoms with Crippen LogP contribution in [0.1, 0.15) is 22.3 Å². The molecule has 0 bridgehead atoms. The maximum Gasteiger partial charge on any atom is 0.308 e. The molecular weight excluding hydrogens is 356 g/mol. The topological polar surface area (TPSA) is 98.5 Å². The Hall–Kier alpha value is -3.67. The smallest absolute Gasteiger partial charge is 0.308 e. The Kier molecular flexibility index (Phi) is 6.01. The maximum atomic E-state index is 12.5. The van der Waals surface area contributed by atoms with E-state index in [1.54, 1.807) is 12.1 Å². The van der Waals surface area contributed by atoms with Crippen LogP contribution in [-0.4, -0.2) is 23.8 Å². The molecule has 3 aromatic rings. The highest BCUT2D eigenvalue weighted by Gasteiger charge is 2.23. The summed E-state index contributed by atoms with van der Waals surface area (Å²) in [5.74, 6) is -1.90. The first kappa shape index (κ1) is 19.1. The summed E-state index contributed by atoms with van der Waals surface area (Å²) in [7, 11) is 0. The summed E-state index contributed by atoms with van der Waals surface area (Å²) in [6, 6.07) is 20.8. The number of ether oxygens (including phenoxy) is 1. The lowest BCUT2D eigenvalue weighted by atomic mass is 10.1. The van der Waals surface area contributed by atoms with Crippen molar-refractivity contribution in [3.05, 3.63) is 83.9 Å². The molecule has 6 nitrogen and oxygen atoms in total. The monoisotopic (exact) mass is 376 g/mol. The Morgan fingerprint density at radius 3 is 2.29 bits per heavy atom. The van der Waals surface area contributed by atoms with E-state index in [1.165, 1.54) is 0 Å². The summed E-state index contributed by atoms with van der Waals surface area (Å²) in [5.41, 5.74) is 6.55. The number of esters is 1. The normalized spacial score (nSPS) is 11.6. The third-order valence-corrected chi connectivity index (χ3v) is 4.27. The standard InChI is InChI=1S/C22H20N2O4/c23-21(26)19(13-20(25)28-14-15-6-2-1-3-7-15)24-22(27)18-11-10-16-8-4-5-9-17(16)12-18/h1-12,19H,13-14H2,(H2,23,26)(H,24,27)/t19-/m0/s1. The predicted octanol–water partition coefficient (Wildman–Crippen LogP) is 2.56. The minimum Gasteiger partial charge on any atom is -0.461 e. The number of amides is 2. The molecule has 2 amide bonds. The summed E-state index contributed by atoms with van der Waals surface area (Å²) >= 11 is 0. The molecule has 0 aromatic heterocycles. The number of carbonyl (C=O) groups is 3. The van der Waals surface area contributed by atoms with Gasteiger partial charge in [0.2, 0.25) is 5.91 Å². The molecule has 0 aliphatic heterocycles. The number of hydrogen-bond donors (Lipinski definition) is 2. The Morgan fingerprint density at radius 1 is 0.893 bits per heavy atom. The van der Waals surface area contributed by atoms with Crippen LogP contribution in [0.25, 0.3) is 10.8 Å². The lowest BCUT2D eigenvalue weighted by molar-refractivity contribution is -0.146. The minimum atomic E-state index is -1.15. The lowest BCUT2D eigenvalue weighted by Crippen LogP contribution is -2.45. The molecule has 0 unspecified atom stereocenters. The quantitative estimate of drug-likeness (QED) is 0.619. The fourth-order valence-corrected chi connectivity index (χ4v) is 2.76. The molecule has 0 radical (unpaired) electrons. The van der Waals surface area contributed by atoms with Gasteiger partial charge in [0.25, 0.3) is 5.91 Å². The Balaban J connectivity index is 1.62. The second-order valence-electron chi connectivity index (χ2n) is 6.34. The molecule has 3 rings (SSSR count). The van der Waals surface area contributed by atoms with Gasteiger partial charge in [0, 0.05) is 5.56 Å². The second-order valence-corrected chi connectivity index (χ2v) is 6.34. The van der Waals surface area contributed by atoms with Crippen LogP contribution in [0.15, 0.2) is 72.8 Å². The van der Waals surface area contributed by atoms with Crippen LogP contribution >= 0.6 is 0 Å². The van der Waals surface area contributed by atoms with E-state index in [9.17, 15) is 14.4 Å². The molecule has 3 aromatic carbocycles. The first-order valence-corrected chi connectivity index (χ1v) is 8.81. The van der Waals surface area contributed by atoms with Crippen molar-refractivity contribution in [1.29, 1.82) is 0 Å². The number of nitrogens with two attached hydrogens (primary N) is 1. The highest BCUT2D eigenvalue weighted by atomic mass is 16.5. The van der Waals surface area contributed by atoms with Gasteiger partial charge in [-0.1, -0.05) is 60.7 Å². The fourth-order valence-electron chi connectivity index (χ4n) is 2.76. The molecule has 0 aliphatic rings. The summed E-state index contributed by atoms with van der Waals surface area (Å²) in [6.07, 6.45) is -0.332. The SMILES string of the molecule is NC(=O)[C@H](CC(=O)OCc1ccccc1)NC(=O)c1ccc2ccccc2c1. The lowest BCUT2D eigenvalue weighted by Gasteiger charge is -2.15. The van der Waals surface area contributed by atoms with E-state index in [-0.39, 0.29) is 13.0 Å². The largest absolute Gasteiger partial charge is 0.461 e. The fraction of sp³-hybridized carbons (Fsp3) is 0.136. The molecule has 0 saturated carbocycles. The molecule has 3 N–H and O–H groups in total. The van der Waals surface area contributed by atoms with Crippen molar-refractivity contribution < 1.29 is 19.1 Å². The van der Waals surface area contributed by atoms with E-state index >= 15 is 0 Å². The number of benzene rings is 3. The molecule has 6 heteroatoms. The van der Waals surface area contributed by atoms with Gasteiger partial charge in [-0.15, -0.1) is 0 Å². The summed E-state index contributed by atoms with van der Waals surface area (Å²) in [4.78, 5) is 36.2. The number of fused-ring (bicyclic) bond motifs is 1. The Labute approximate surface area is 162 Å². The van der Waals surface area contributed by atoms with Gasteiger partial charge in [-0.2, -0.15) is 0 Å². The highest BCUT2D eigenvalue weighted by molar-refractivity contribution is 6.01. The minimum absolute atomic E-state index is 0.0871. The molecule has 0 fully saturated rings. The van der Waals surface area contributed by atoms with Crippen LogP contribution in [0.2, 0.25) is 0 Å². The van der Waals surface area contributed by atoms with E-state index < -0.39 is 23.8 Å². The van der Waals surface area contributed by atoms with Crippen molar-refractivity contribution in [2.75, 3.05) is 0 Å². The van der Waals surface area contributed by atoms with Crippen molar-refractivity contribution in [2.45, 2.75) is 19.1 Å². The van der Waals surface area contributed by atoms with Gasteiger partial charge in [-0.3, -0.25) is 14.4 Å². The first-order chi connectivity index (χ1) is 13.5. The zero-order valence-corrected chi connectivity index (χ0v) is 15.1. The van der Waals surface area contributed by atoms with Gasteiger partial charge < -0.3 is 15.8 Å². The number of hydrogen-bond acceptors (Lipinski definition) is 4. The van der Waals surface area contributed by atoms with E-state index in [0.717, 1.165) is 16.3 Å². The third kappa shape index (κ3) is 4.94. The molecule has 0 heterocycles. The molecule has 0 saturated heterocycles. The summed E-state index contributed by atoms with van der Waals surface area (Å²) in [5, 5.41) is 4.40. The van der Waals surface area contributed by atoms with E-state index in [1.807, 2.05) is 60.7 Å². The zero-order chi connectivity index (χ0) is 19.9. The second kappa shape index (κ2) is 8.81. The number of primary amides is 1. The summed E-state index contributed by atoms with van der Waals surface area (Å²) < 4.78 is 5.16. The average Bonchev–Trinajstić information content (AvgIpc) is 2.72. The average molecular weight is 376 g/mol. The van der Waals surface area contributed by atoms with Crippen LogP contribution in [-0.2, 0) is 20.9 Å². The van der Waals surface area contributed by atoms with Gasteiger partial charge in [0.15, 0.2) is 0 Å². The molecule has 142 valence electrons. The molecular formula is C22H20N2O4. The van der Waals surface area contributed by atoms with Crippen molar-refractivity contribution in [1.82, 2.24) is 5.32 Å². The van der Waals surface area contributed by atoms with E-state index in [0.29, 0.717) is 5.56 Å². The molecule has 0 spiro atoms. The van der Waals surface area contributed by atoms with E-state index in [2.05, 4.69) is 5.32 Å². The van der Waals surface area contributed by atoms with Crippen molar-refractivity contribution in [2.24, 2.45) is 5.73 Å². The van der Waals surface area contributed by atoms with Gasteiger partial charge >= 0.3 is 5.97 Å². The molecule has 0 aliphatic carbocycles. The van der Waals surface area contributed by atoms with Crippen LogP contribution < -0.4 is 11.1 Å². The van der Waals surface area contributed by atoms with Crippen LogP contribution in [0.3, 0.4) is 0 Å². The Morgan fingerprint density at radius 2 is 1.57 bits per heavy atom. The van der Waals surface area contributed by atoms with Crippen LogP contribution in [0, 0.1) is 0 Å². The van der Waals surface area contributed by atoms with Gasteiger partial charge in [-0.25, -0.2) is 0 Å². The van der Waals surface area contributed by atoms with Crippen molar-refractivity contribution >= 4 is 28.6 Å². The third-order valence-electron chi connectivity index (χ3n) is 4.27. The van der Waals surface area contributed by atoms with Gasteiger partial charge in [-0.05, 0) is 28.5 Å². The van der Waals surface area contributed by atoms with Crippen LogP contribution in [0.5, 0.6) is 0 Å². The highest BCUT2D eigenvalue weighted by Crippen LogP contribution is 2.16. The first-order valence-electron chi connectivity index (χ1n) is 8.81. The van der Waals surface area contributed by atoms with Crippen molar-refractivity contribution in [3.63, 3.8) is 0 Å². The van der Waals surface area contributed by atoms with Crippen molar-refractivity contribution in [3.8, 4) is 0 Å². The van der Waals surface area contributed by atoms with E-state index in [4.69, 9.17) is 10.5 Å². The molecule has 1 atom stereocenters. The number of carbonyl (C=O) groups excluding carboxylic acids is 3. The number of nitrogens with one attached hydrogen (secondary N) is 1. The maximum absolute atomic E-state index is 12.5. The Bertz CT molecular complexity index is 1000. The number of rotatable bonds is 7. The van der Waals surface area contributed by atoms with Crippen LogP contribution in [0.4, 0.5) is 0 Å².